The van der Waals surface area contributed by atoms with Crippen LogP contribution in [0.2, 0.25) is 0 Å². The van der Waals surface area contributed by atoms with Crippen molar-refractivity contribution in [3.63, 3.8) is 0 Å². The highest BCUT2D eigenvalue weighted by Gasteiger charge is 1.98. The summed E-state index contributed by atoms with van der Waals surface area (Å²) in [6, 6.07) is 5.95. The lowest BCUT2D eigenvalue weighted by molar-refractivity contribution is 0.627. The molecule has 0 aliphatic heterocycles. The smallest absolute Gasteiger partial charge is 0.126 e. The second-order valence-electron chi connectivity index (χ2n) is 3.39. The Morgan fingerprint density at radius 1 is 1.54 bits per heavy atom. The van der Waals surface area contributed by atoms with Gasteiger partial charge in [-0.3, -0.25) is 0 Å². The van der Waals surface area contributed by atoms with Gasteiger partial charge in [0.1, 0.15) is 5.82 Å². The van der Waals surface area contributed by atoms with Crippen molar-refractivity contribution >= 4 is 5.82 Å². The van der Waals surface area contributed by atoms with Crippen LogP contribution in [0, 0.1) is 12.8 Å². The van der Waals surface area contributed by atoms with E-state index in [1.54, 1.807) is 0 Å². The SMILES string of the molecule is Cc1cccc(NCC(C)CN)n1. The fraction of sp³-hybridized carbons (Fsp3) is 0.500. The number of hydrogen-bond acceptors (Lipinski definition) is 3. The second-order valence-corrected chi connectivity index (χ2v) is 3.39. The van der Waals surface area contributed by atoms with Gasteiger partial charge in [-0.2, -0.15) is 0 Å². The summed E-state index contributed by atoms with van der Waals surface area (Å²) in [6.07, 6.45) is 0. The quantitative estimate of drug-likeness (QED) is 0.734. The topological polar surface area (TPSA) is 50.9 Å². The Hall–Kier alpha value is -1.09. The molecule has 0 saturated carbocycles. The van der Waals surface area contributed by atoms with Gasteiger partial charge < -0.3 is 11.1 Å². The molecule has 0 aliphatic rings. The van der Waals surface area contributed by atoms with Crippen molar-refractivity contribution in [2.75, 3.05) is 18.4 Å². The van der Waals surface area contributed by atoms with Gasteiger partial charge in [-0.25, -0.2) is 4.98 Å². The Bertz CT molecular complexity index is 260. The molecule has 1 atom stereocenters. The van der Waals surface area contributed by atoms with Crippen LogP contribution in [-0.4, -0.2) is 18.1 Å². The number of nitrogens with zero attached hydrogens (tertiary/aromatic N) is 1. The molecule has 1 rings (SSSR count). The highest BCUT2D eigenvalue weighted by Crippen LogP contribution is 2.04. The molecule has 13 heavy (non-hydrogen) atoms. The van der Waals surface area contributed by atoms with Crippen LogP contribution in [0.1, 0.15) is 12.6 Å². The fourth-order valence-electron chi connectivity index (χ4n) is 1.00. The summed E-state index contributed by atoms with van der Waals surface area (Å²) in [5, 5.41) is 3.25. The molecular weight excluding hydrogens is 162 g/mol. The number of aromatic nitrogens is 1. The van der Waals surface area contributed by atoms with E-state index in [0.717, 1.165) is 18.1 Å². The van der Waals surface area contributed by atoms with Crippen LogP contribution >= 0.6 is 0 Å². The van der Waals surface area contributed by atoms with Gasteiger partial charge in [0, 0.05) is 12.2 Å². The molecule has 1 aromatic heterocycles. The summed E-state index contributed by atoms with van der Waals surface area (Å²) in [7, 11) is 0. The molecule has 0 fully saturated rings. The summed E-state index contributed by atoms with van der Waals surface area (Å²) in [5.41, 5.74) is 6.54. The predicted octanol–water partition coefficient (Wildman–Crippen LogP) is 1.40. The molecule has 0 radical (unpaired) electrons. The standard InChI is InChI=1S/C10H17N3/c1-8(6-11)7-12-10-5-3-4-9(2)13-10/h3-5,8H,6-7,11H2,1-2H3,(H,12,13). The molecule has 0 aliphatic carbocycles. The van der Waals surface area contributed by atoms with Crippen LogP contribution in [-0.2, 0) is 0 Å². The van der Waals surface area contributed by atoms with E-state index in [2.05, 4.69) is 17.2 Å². The maximum atomic E-state index is 5.51. The summed E-state index contributed by atoms with van der Waals surface area (Å²) in [4.78, 5) is 4.33. The first kappa shape index (κ1) is 9.99. The first-order chi connectivity index (χ1) is 6.22. The fourth-order valence-corrected chi connectivity index (χ4v) is 1.00. The van der Waals surface area contributed by atoms with Gasteiger partial charge in [0.25, 0.3) is 0 Å². The number of aryl methyl sites for hydroxylation is 1. The van der Waals surface area contributed by atoms with E-state index in [9.17, 15) is 0 Å². The van der Waals surface area contributed by atoms with Gasteiger partial charge in [0.05, 0.1) is 0 Å². The van der Waals surface area contributed by atoms with Crippen molar-refractivity contribution in [2.45, 2.75) is 13.8 Å². The van der Waals surface area contributed by atoms with Crippen molar-refractivity contribution < 1.29 is 0 Å². The van der Waals surface area contributed by atoms with Gasteiger partial charge in [0.15, 0.2) is 0 Å². The van der Waals surface area contributed by atoms with Crippen LogP contribution in [0.25, 0.3) is 0 Å². The van der Waals surface area contributed by atoms with E-state index in [1.807, 2.05) is 25.1 Å². The van der Waals surface area contributed by atoms with Gasteiger partial charge >= 0.3 is 0 Å². The van der Waals surface area contributed by atoms with Gasteiger partial charge in [-0.1, -0.05) is 13.0 Å². The maximum Gasteiger partial charge on any atom is 0.126 e. The molecular formula is C10H17N3. The molecule has 0 bridgehead atoms. The number of rotatable bonds is 4. The average molecular weight is 179 g/mol. The number of hydrogen-bond donors (Lipinski definition) is 2. The third-order valence-corrected chi connectivity index (χ3v) is 1.92. The lowest BCUT2D eigenvalue weighted by atomic mass is 10.2. The van der Waals surface area contributed by atoms with Crippen molar-refractivity contribution in [1.82, 2.24) is 4.98 Å². The minimum absolute atomic E-state index is 0.488. The van der Waals surface area contributed by atoms with Gasteiger partial charge in [0.2, 0.25) is 0 Å². The molecule has 1 heterocycles. The molecule has 0 saturated heterocycles. The third-order valence-electron chi connectivity index (χ3n) is 1.92. The second kappa shape index (κ2) is 4.82. The molecule has 0 aromatic carbocycles. The predicted molar refractivity (Wildman–Crippen MR) is 55.7 cm³/mol. The number of nitrogens with two attached hydrogens (primary N) is 1. The monoisotopic (exact) mass is 179 g/mol. The molecule has 3 N–H and O–H groups in total. The number of nitrogens with one attached hydrogen (secondary N) is 1. The molecule has 3 heteroatoms. The van der Waals surface area contributed by atoms with Crippen LogP contribution in [0.4, 0.5) is 5.82 Å². The van der Waals surface area contributed by atoms with E-state index >= 15 is 0 Å². The van der Waals surface area contributed by atoms with Crippen LogP contribution in [0.5, 0.6) is 0 Å². The average Bonchev–Trinajstić information content (AvgIpc) is 2.14. The third kappa shape index (κ3) is 3.42. The van der Waals surface area contributed by atoms with Crippen molar-refractivity contribution in [3.05, 3.63) is 23.9 Å². The largest absolute Gasteiger partial charge is 0.370 e. The normalized spacial score (nSPS) is 12.5. The van der Waals surface area contributed by atoms with Crippen molar-refractivity contribution in [1.29, 1.82) is 0 Å². The minimum Gasteiger partial charge on any atom is -0.370 e. The lowest BCUT2D eigenvalue weighted by Gasteiger charge is -2.10. The van der Waals surface area contributed by atoms with E-state index in [4.69, 9.17) is 5.73 Å². The number of pyridine rings is 1. The van der Waals surface area contributed by atoms with E-state index in [0.29, 0.717) is 12.5 Å². The minimum atomic E-state index is 0.488. The van der Waals surface area contributed by atoms with E-state index in [1.165, 1.54) is 0 Å². The molecule has 0 amide bonds. The molecule has 3 nitrogen and oxygen atoms in total. The first-order valence-electron chi connectivity index (χ1n) is 4.60. The zero-order chi connectivity index (χ0) is 9.68. The zero-order valence-corrected chi connectivity index (χ0v) is 8.25. The molecule has 0 spiro atoms. The summed E-state index contributed by atoms with van der Waals surface area (Å²) >= 11 is 0. The molecule has 1 aromatic rings. The van der Waals surface area contributed by atoms with E-state index < -0.39 is 0 Å². The van der Waals surface area contributed by atoms with Crippen molar-refractivity contribution in [3.8, 4) is 0 Å². The van der Waals surface area contributed by atoms with Gasteiger partial charge in [-0.15, -0.1) is 0 Å². The van der Waals surface area contributed by atoms with Crippen molar-refractivity contribution in [2.24, 2.45) is 11.7 Å². The molecule has 72 valence electrons. The lowest BCUT2D eigenvalue weighted by Crippen LogP contribution is -2.20. The first-order valence-corrected chi connectivity index (χ1v) is 4.60. The highest BCUT2D eigenvalue weighted by atomic mass is 15.0. The number of anilines is 1. The van der Waals surface area contributed by atoms with Gasteiger partial charge in [-0.05, 0) is 31.5 Å². The highest BCUT2D eigenvalue weighted by molar-refractivity contribution is 5.34. The Labute approximate surface area is 79.4 Å². The summed E-state index contributed by atoms with van der Waals surface area (Å²) < 4.78 is 0. The molecule has 1 unspecified atom stereocenters. The van der Waals surface area contributed by atoms with E-state index in [-0.39, 0.29) is 0 Å². The Morgan fingerprint density at radius 2 is 2.31 bits per heavy atom. The Balaban J connectivity index is 2.45. The Kier molecular flexibility index (Phi) is 3.71. The van der Waals surface area contributed by atoms with Crippen LogP contribution in [0.15, 0.2) is 18.2 Å². The Morgan fingerprint density at radius 3 is 2.92 bits per heavy atom. The van der Waals surface area contributed by atoms with Crippen LogP contribution < -0.4 is 11.1 Å². The summed E-state index contributed by atoms with van der Waals surface area (Å²) in [5.74, 6) is 1.42. The summed E-state index contributed by atoms with van der Waals surface area (Å²) in [6.45, 7) is 5.69. The maximum absolute atomic E-state index is 5.51. The van der Waals surface area contributed by atoms with Crippen LogP contribution in [0.3, 0.4) is 0 Å². The zero-order valence-electron chi connectivity index (χ0n) is 8.25.